The predicted molar refractivity (Wildman–Crippen MR) is 115 cm³/mol. The smallest absolute Gasteiger partial charge is 0.279 e. The van der Waals surface area contributed by atoms with E-state index >= 15 is 0 Å². The van der Waals surface area contributed by atoms with Crippen LogP contribution in [0.5, 0.6) is 0 Å². The number of aromatic nitrogens is 1. The second kappa shape index (κ2) is 8.27. The summed E-state index contributed by atoms with van der Waals surface area (Å²) in [6.45, 7) is 0.0948. The monoisotopic (exact) mass is 414 g/mol. The minimum atomic E-state index is -0.494. The zero-order valence-electron chi connectivity index (χ0n) is 15.7. The van der Waals surface area contributed by atoms with Crippen LogP contribution in [0.4, 0.5) is 4.39 Å². The van der Waals surface area contributed by atoms with Gasteiger partial charge in [0.05, 0.1) is 16.8 Å². The summed E-state index contributed by atoms with van der Waals surface area (Å²) < 4.78 is 16.4. The average molecular weight is 414 g/mol. The van der Waals surface area contributed by atoms with Gasteiger partial charge in [0.2, 0.25) is 0 Å². The van der Waals surface area contributed by atoms with E-state index in [1.807, 2.05) is 6.07 Å². The van der Waals surface area contributed by atoms with Crippen LogP contribution in [0.25, 0.3) is 10.2 Å². The van der Waals surface area contributed by atoms with Crippen molar-refractivity contribution in [2.45, 2.75) is 6.54 Å². The van der Waals surface area contributed by atoms with Gasteiger partial charge in [0, 0.05) is 16.7 Å². The fraction of sp³-hybridized carbons (Fsp3) is 0.0417. The minimum Gasteiger partial charge on any atom is -0.302 e. The number of thiazole rings is 1. The third-order valence-corrected chi connectivity index (χ3v) is 5.57. The molecular formula is C24H15FN2O2S. The first kappa shape index (κ1) is 19.5. The number of nitrogens with zero attached hydrogens (tertiary/aromatic N) is 2. The Bertz CT molecular complexity index is 1360. The van der Waals surface area contributed by atoms with E-state index < -0.39 is 11.7 Å². The van der Waals surface area contributed by atoms with Gasteiger partial charge in [0.1, 0.15) is 5.82 Å². The van der Waals surface area contributed by atoms with Crippen LogP contribution >= 0.6 is 11.3 Å². The molecule has 1 aromatic heterocycles. The van der Waals surface area contributed by atoms with Crippen molar-refractivity contribution < 1.29 is 14.0 Å². The number of carbonyl (C=O) groups is 2. The molecular weight excluding hydrogens is 399 g/mol. The number of para-hydroxylation sites is 1. The van der Waals surface area contributed by atoms with Gasteiger partial charge in [-0.2, -0.15) is 4.99 Å². The van der Waals surface area contributed by atoms with Gasteiger partial charge in [-0.3, -0.25) is 9.59 Å². The maximum absolute atomic E-state index is 14.3. The van der Waals surface area contributed by atoms with Crippen molar-refractivity contribution in [1.82, 2.24) is 4.57 Å². The van der Waals surface area contributed by atoms with E-state index in [4.69, 9.17) is 6.42 Å². The van der Waals surface area contributed by atoms with Gasteiger partial charge in [0.25, 0.3) is 5.91 Å². The van der Waals surface area contributed by atoms with Crippen LogP contribution < -0.4 is 4.80 Å². The lowest BCUT2D eigenvalue weighted by atomic mass is 10.0. The first-order chi connectivity index (χ1) is 14.6. The van der Waals surface area contributed by atoms with E-state index in [0.29, 0.717) is 31.7 Å². The van der Waals surface area contributed by atoms with E-state index in [-0.39, 0.29) is 12.3 Å². The molecule has 0 unspecified atom stereocenters. The summed E-state index contributed by atoms with van der Waals surface area (Å²) in [5.74, 6) is 1.43. The molecule has 0 bridgehead atoms. The Balaban J connectivity index is 1.68. The Morgan fingerprint density at radius 3 is 2.30 bits per heavy atom. The van der Waals surface area contributed by atoms with Crippen molar-refractivity contribution >= 4 is 33.2 Å². The molecule has 0 aliphatic carbocycles. The molecule has 1 amide bonds. The molecule has 1 heterocycles. The molecule has 0 saturated carbocycles. The molecule has 4 nitrogen and oxygen atoms in total. The molecule has 146 valence electrons. The lowest BCUT2D eigenvalue weighted by Gasteiger charge is -2.02. The van der Waals surface area contributed by atoms with E-state index in [9.17, 15) is 14.0 Å². The van der Waals surface area contributed by atoms with Crippen LogP contribution in [0.15, 0.2) is 77.8 Å². The second-order valence-corrected chi connectivity index (χ2v) is 7.46. The molecule has 0 N–H and O–H groups in total. The Labute approximate surface area is 176 Å². The van der Waals surface area contributed by atoms with E-state index in [2.05, 4.69) is 10.9 Å². The number of amides is 1. The lowest BCUT2D eigenvalue weighted by molar-refractivity contribution is 0.0994. The number of halogens is 1. The first-order valence-corrected chi connectivity index (χ1v) is 9.90. The standard InChI is InChI=1S/C24H15FN2O2S/c1-2-15-27-21-19(25)9-6-10-20(21)30-24(27)26-23(29)18-13-11-17(12-14-18)22(28)16-7-4-3-5-8-16/h1,3-14H,15H2. The number of ketones is 1. The number of carbonyl (C=O) groups excluding carboxylic acids is 2. The first-order valence-electron chi connectivity index (χ1n) is 9.08. The number of hydrogen-bond acceptors (Lipinski definition) is 3. The van der Waals surface area contributed by atoms with Crippen molar-refractivity contribution in [3.05, 3.63) is 100 Å². The summed E-state index contributed by atoms with van der Waals surface area (Å²) in [7, 11) is 0. The molecule has 0 spiro atoms. The van der Waals surface area contributed by atoms with Gasteiger partial charge in [-0.1, -0.05) is 65.8 Å². The van der Waals surface area contributed by atoms with Crippen molar-refractivity contribution in [3.63, 3.8) is 0 Å². The number of rotatable bonds is 4. The molecule has 30 heavy (non-hydrogen) atoms. The number of terminal acetylenes is 1. The maximum atomic E-state index is 14.3. The van der Waals surface area contributed by atoms with Gasteiger partial charge in [-0.15, -0.1) is 6.42 Å². The molecule has 0 atom stereocenters. The highest BCUT2D eigenvalue weighted by Crippen LogP contribution is 2.20. The fourth-order valence-electron chi connectivity index (χ4n) is 3.08. The Morgan fingerprint density at radius 1 is 0.933 bits per heavy atom. The highest BCUT2D eigenvalue weighted by molar-refractivity contribution is 7.16. The zero-order chi connectivity index (χ0) is 21.1. The van der Waals surface area contributed by atoms with Gasteiger partial charge >= 0.3 is 0 Å². The minimum absolute atomic E-state index is 0.0948. The van der Waals surface area contributed by atoms with Crippen LogP contribution in [0.3, 0.4) is 0 Å². The highest BCUT2D eigenvalue weighted by Gasteiger charge is 2.13. The summed E-state index contributed by atoms with van der Waals surface area (Å²) in [5.41, 5.74) is 1.70. The summed E-state index contributed by atoms with van der Waals surface area (Å²) in [4.78, 5) is 29.7. The largest absolute Gasteiger partial charge is 0.302 e. The van der Waals surface area contributed by atoms with E-state index in [1.165, 1.54) is 22.0 Å². The Kier molecular flexibility index (Phi) is 5.38. The van der Waals surface area contributed by atoms with Gasteiger partial charge < -0.3 is 4.57 Å². The normalized spacial score (nSPS) is 11.4. The molecule has 0 saturated heterocycles. The number of fused-ring (bicyclic) bond motifs is 1. The predicted octanol–water partition coefficient (Wildman–Crippen LogP) is 4.45. The van der Waals surface area contributed by atoms with Crippen molar-refractivity contribution in [2.75, 3.05) is 0 Å². The second-order valence-electron chi connectivity index (χ2n) is 6.45. The summed E-state index contributed by atoms with van der Waals surface area (Å²) >= 11 is 1.19. The molecule has 6 heteroatoms. The fourth-order valence-corrected chi connectivity index (χ4v) is 4.12. The third-order valence-electron chi connectivity index (χ3n) is 4.53. The SMILES string of the molecule is C#CCn1c(=NC(=O)c2ccc(C(=O)c3ccccc3)cc2)sc2cccc(F)c21. The number of benzene rings is 3. The molecule has 4 rings (SSSR count). The van der Waals surface area contributed by atoms with Crippen molar-refractivity contribution in [3.8, 4) is 12.3 Å². The number of hydrogen-bond donors (Lipinski definition) is 0. The Morgan fingerprint density at radius 2 is 1.60 bits per heavy atom. The summed E-state index contributed by atoms with van der Waals surface area (Å²) in [6, 6.07) is 19.9. The third kappa shape index (κ3) is 3.71. The quantitative estimate of drug-likeness (QED) is 0.366. The average Bonchev–Trinajstić information content (AvgIpc) is 3.12. The van der Waals surface area contributed by atoms with Gasteiger partial charge in [0.15, 0.2) is 10.6 Å². The summed E-state index contributed by atoms with van der Waals surface area (Å²) in [6.07, 6.45) is 5.42. The lowest BCUT2D eigenvalue weighted by Crippen LogP contribution is -2.17. The Hall–Kier alpha value is -3.82. The molecule has 4 aromatic rings. The zero-order valence-corrected chi connectivity index (χ0v) is 16.5. The van der Waals surface area contributed by atoms with Crippen LogP contribution in [-0.4, -0.2) is 16.3 Å². The van der Waals surface area contributed by atoms with Gasteiger partial charge in [-0.05, 0) is 24.3 Å². The topological polar surface area (TPSA) is 51.4 Å². The molecule has 0 radical (unpaired) electrons. The summed E-state index contributed by atoms with van der Waals surface area (Å²) in [5, 5.41) is 0. The van der Waals surface area contributed by atoms with Crippen LogP contribution in [-0.2, 0) is 6.54 Å². The highest BCUT2D eigenvalue weighted by atomic mass is 32.1. The molecule has 0 aliphatic rings. The van der Waals surface area contributed by atoms with E-state index in [1.54, 1.807) is 60.7 Å². The van der Waals surface area contributed by atoms with Crippen molar-refractivity contribution in [1.29, 1.82) is 0 Å². The van der Waals surface area contributed by atoms with E-state index in [0.717, 1.165) is 0 Å². The van der Waals surface area contributed by atoms with Crippen molar-refractivity contribution in [2.24, 2.45) is 4.99 Å². The van der Waals surface area contributed by atoms with Crippen LogP contribution in [0, 0.1) is 18.2 Å². The maximum Gasteiger partial charge on any atom is 0.279 e. The van der Waals surface area contributed by atoms with Crippen LogP contribution in [0.1, 0.15) is 26.3 Å². The molecule has 0 aliphatic heterocycles. The molecule has 3 aromatic carbocycles. The molecule has 0 fully saturated rings. The van der Waals surface area contributed by atoms with Crippen LogP contribution in [0.2, 0.25) is 0 Å². The van der Waals surface area contributed by atoms with Gasteiger partial charge in [-0.25, -0.2) is 4.39 Å².